The number of hydrogen-bond acceptors (Lipinski definition) is 5. The molecule has 274 valence electrons. The van der Waals surface area contributed by atoms with Crippen LogP contribution in [0, 0.1) is 0 Å². The summed E-state index contributed by atoms with van der Waals surface area (Å²) in [6.45, 7) is 8.67. The van der Waals surface area contributed by atoms with Crippen molar-refractivity contribution in [1.29, 1.82) is 0 Å². The molecule has 6 aromatic rings. The number of fused-ring (bicyclic) bond motifs is 6. The topological polar surface area (TPSA) is 65.1 Å². The Morgan fingerprint density at radius 2 is 1.52 bits per heavy atom. The van der Waals surface area contributed by atoms with Crippen LogP contribution in [-0.2, 0) is 24.0 Å². The van der Waals surface area contributed by atoms with E-state index in [9.17, 15) is 9.59 Å². The molecule has 7 heteroatoms. The van der Waals surface area contributed by atoms with E-state index < -0.39 is 0 Å². The number of ether oxygens (including phenoxy) is 1. The van der Waals surface area contributed by atoms with Gasteiger partial charge in [0.25, 0.3) is 11.8 Å². The summed E-state index contributed by atoms with van der Waals surface area (Å²) in [5.41, 5.74) is 8.43. The average Bonchev–Trinajstić information content (AvgIpc) is 3.23. The van der Waals surface area contributed by atoms with Crippen molar-refractivity contribution in [3.05, 3.63) is 130 Å². The Hall–Kier alpha value is -5.24. The molecule has 0 saturated carbocycles. The molecule has 2 aliphatic heterocycles. The molecule has 1 N–H and O–H groups in total. The number of anilines is 2. The van der Waals surface area contributed by atoms with E-state index in [0.29, 0.717) is 37.4 Å². The molecule has 2 heterocycles. The van der Waals surface area contributed by atoms with Gasteiger partial charge >= 0.3 is 0 Å². The van der Waals surface area contributed by atoms with E-state index in [1.807, 2.05) is 24.3 Å². The highest BCUT2D eigenvalue weighted by atomic mass is 16.5. The summed E-state index contributed by atoms with van der Waals surface area (Å²) in [6, 6.07) is 34.1. The van der Waals surface area contributed by atoms with E-state index >= 15 is 0 Å². The second kappa shape index (κ2) is 14.5. The largest absolute Gasteiger partial charge is 0.378 e. The highest BCUT2D eigenvalue weighted by Crippen LogP contribution is 2.43. The molecule has 2 amide bonds. The molecule has 3 aliphatic rings. The van der Waals surface area contributed by atoms with Crippen molar-refractivity contribution >= 4 is 55.5 Å². The molecule has 0 bridgehead atoms. The maximum atomic E-state index is 14.2. The summed E-state index contributed by atoms with van der Waals surface area (Å²) in [5, 5.41) is 10.9. The molecular formula is C47H48N4O3. The summed E-state index contributed by atoms with van der Waals surface area (Å²) in [7, 11) is 2.21. The van der Waals surface area contributed by atoms with Crippen molar-refractivity contribution in [3.8, 4) is 0 Å². The van der Waals surface area contributed by atoms with Gasteiger partial charge in [0.05, 0.1) is 30.0 Å². The van der Waals surface area contributed by atoms with Gasteiger partial charge in [0.15, 0.2) is 0 Å². The Morgan fingerprint density at radius 1 is 0.759 bits per heavy atom. The SMILES string of the molecule is CCc1cc2cc(N3CCN(C)CC3)ccc2c2ccc3c(c12)CCC(c1ccc2ccccc2c1NC(=O)c1ccccc1C(=O)N1CCOCC1)C3. The maximum absolute atomic E-state index is 14.2. The van der Waals surface area contributed by atoms with Crippen LogP contribution in [-0.4, -0.2) is 81.1 Å². The fourth-order valence-electron chi connectivity index (χ4n) is 9.18. The first kappa shape index (κ1) is 34.5. The zero-order chi connectivity index (χ0) is 36.8. The molecule has 0 radical (unpaired) electrons. The molecular weight excluding hydrogens is 669 g/mol. The Kier molecular flexibility index (Phi) is 9.29. The Bertz CT molecular complexity index is 2410. The molecule has 2 fully saturated rings. The van der Waals surface area contributed by atoms with Gasteiger partial charge in [0.2, 0.25) is 0 Å². The minimum absolute atomic E-state index is 0.131. The van der Waals surface area contributed by atoms with Gasteiger partial charge in [-0.25, -0.2) is 0 Å². The van der Waals surface area contributed by atoms with Crippen molar-refractivity contribution in [2.24, 2.45) is 0 Å². The number of carbonyl (C=O) groups is 2. The number of carbonyl (C=O) groups excluding carboxylic acids is 2. The Labute approximate surface area is 317 Å². The maximum Gasteiger partial charge on any atom is 0.256 e. The number of amides is 2. The number of morpholine rings is 1. The first-order valence-corrected chi connectivity index (χ1v) is 19.7. The van der Waals surface area contributed by atoms with Crippen molar-refractivity contribution in [3.63, 3.8) is 0 Å². The smallest absolute Gasteiger partial charge is 0.256 e. The minimum atomic E-state index is -0.262. The molecule has 1 unspecified atom stereocenters. The van der Waals surface area contributed by atoms with Crippen LogP contribution in [0.4, 0.5) is 11.4 Å². The van der Waals surface area contributed by atoms with Crippen molar-refractivity contribution < 1.29 is 14.3 Å². The molecule has 1 aliphatic carbocycles. The number of hydrogen-bond donors (Lipinski definition) is 1. The lowest BCUT2D eigenvalue weighted by Gasteiger charge is -2.34. The number of nitrogens with zero attached hydrogens (tertiary/aromatic N) is 3. The van der Waals surface area contributed by atoms with Gasteiger partial charge < -0.3 is 24.8 Å². The molecule has 9 rings (SSSR count). The first-order valence-electron chi connectivity index (χ1n) is 19.7. The number of piperazine rings is 1. The molecule has 1 atom stereocenters. The lowest BCUT2D eigenvalue weighted by molar-refractivity contribution is 0.0302. The van der Waals surface area contributed by atoms with Gasteiger partial charge in [0, 0.05) is 50.3 Å². The van der Waals surface area contributed by atoms with Gasteiger partial charge in [-0.05, 0) is 112 Å². The van der Waals surface area contributed by atoms with Crippen LogP contribution in [0.15, 0.2) is 97.1 Å². The number of likely N-dealkylation sites (N-methyl/N-ethyl adjacent to an activating group) is 1. The number of nitrogens with one attached hydrogen (secondary N) is 1. The normalized spacial score (nSPS) is 17.9. The molecule has 6 aromatic carbocycles. The lowest BCUT2D eigenvalue weighted by Crippen LogP contribution is -2.44. The van der Waals surface area contributed by atoms with Crippen LogP contribution in [0.25, 0.3) is 32.3 Å². The number of aryl methyl sites for hydroxylation is 2. The Morgan fingerprint density at radius 3 is 2.33 bits per heavy atom. The summed E-state index contributed by atoms with van der Waals surface area (Å²) in [4.78, 5) is 34.6. The van der Waals surface area contributed by atoms with Gasteiger partial charge in [0.1, 0.15) is 0 Å². The van der Waals surface area contributed by atoms with E-state index in [0.717, 1.165) is 73.9 Å². The first-order chi connectivity index (χ1) is 26.5. The van der Waals surface area contributed by atoms with Crippen LogP contribution >= 0.6 is 0 Å². The monoisotopic (exact) mass is 716 g/mol. The van der Waals surface area contributed by atoms with Crippen LogP contribution < -0.4 is 10.2 Å². The van der Waals surface area contributed by atoms with Crippen molar-refractivity contribution in [2.45, 2.75) is 38.5 Å². The standard InChI is InChI=1S/C47H48N4O3/c1-3-31-28-35-30-36(50-22-20-49(2)21-23-50)15-19-37(35)41-18-14-33-29-34(13-16-38(33)44(31)41)40-17-12-32-8-4-5-9-39(32)45(40)48-46(52)42-10-6-7-11-43(42)47(53)51-24-26-54-27-25-51/h4-12,14-15,17-19,28,30,34H,3,13,16,20-27,29H2,1-2H3,(H,48,52). The van der Waals surface area contributed by atoms with Gasteiger partial charge in [-0.15, -0.1) is 0 Å². The van der Waals surface area contributed by atoms with E-state index in [-0.39, 0.29) is 17.7 Å². The van der Waals surface area contributed by atoms with Gasteiger partial charge in [-0.1, -0.05) is 79.7 Å². The fourth-order valence-corrected chi connectivity index (χ4v) is 9.18. The third-order valence-corrected chi connectivity index (χ3v) is 12.2. The summed E-state index contributed by atoms with van der Waals surface area (Å²) in [6.07, 6.45) is 3.86. The fraction of sp³-hybridized carbons (Fsp3) is 0.319. The predicted octanol–water partition coefficient (Wildman–Crippen LogP) is 8.46. The predicted molar refractivity (Wildman–Crippen MR) is 220 cm³/mol. The van der Waals surface area contributed by atoms with E-state index in [1.54, 1.807) is 17.0 Å². The molecule has 0 aromatic heterocycles. The lowest BCUT2D eigenvalue weighted by atomic mass is 9.76. The Balaban J connectivity index is 1.05. The van der Waals surface area contributed by atoms with Crippen LogP contribution in [0.1, 0.15) is 62.2 Å². The number of benzene rings is 6. The van der Waals surface area contributed by atoms with Gasteiger partial charge in [-0.3, -0.25) is 9.59 Å². The average molecular weight is 717 g/mol. The number of rotatable bonds is 6. The molecule has 0 spiro atoms. The van der Waals surface area contributed by atoms with E-state index in [2.05, 4.69) is 89.8 Å². The highest BCUT2D eigenvalue weighted by Gasteiger charge is 2.28. The van der Waals surface area contributed by atoms with Crippen molar-refractivity contribution in [1.82, 2.24) is 9.80 Å². The minimum Gasteiger partial charge on any atom is -0.378 e. The van der Waals surface area contributed by atoms with Crippen LogP contribution in [0.2, 0.25) is 0 Å². The summed E-state index contributed by atoms with van der Waals surface area (Å²) >= 11 is 0. The quantitative estimate of drug-likeness (QED) is 0.175. The second-order valence-electron chi connectivity index (χ2n) is 15.3. The van der Waals surface area contributed by atoms with Crippen LogP contribution in [0.5, 0.6) is 0 Å². The molecule has 2 saturated heterocycles. The van der Waals surface area contributed by atoms with Crippen LogP contribution in [0.3, 0.4) is 0 Å². The molecule has 7 nitrogen and oxygen atoms in total. The third kappa shape index (κ3) is 6.29. The van der Waals surface area contributed by atoms with E-state index in [1.165, 1.54) is 43.9 Å². The summed E-state index contributed by atoms with van der Waals surface area (Å²) in [5.74, 6) is -0.160. The van der Waals surface area contributed by atoms with E-state index in [4.69, 9.17) is 4.74 Å². The third-order valence-electron chi connectivity index (χ3n) is 12.2. The second-order valence-corrected chi connectivity index (χ2v) is 15.3. The van der Waals surface area contributed by atoms with Crippen molar-refractivity contribution in [2.75, 3.05) is 69.7 Å². The van der Waals surface area contributed by atoms with Gasteiger partial charge in [-0.2, -0.15) is 0 Å². The highest BCUT2D eigenvalue weighted by molar-refractivity contribution is 6.15. The molecule has 54 heavy (non-hydrogen) atoms. The zero-order valence-corrected chi connectivity index (χ0v) is 31.4. The summed E-state index contributed by atoms with van der Waals surface area (Å²) < 4.78 is 5.48. The zero-order valence-electron chi connectivity index (χ0n) is 31.4.